The summed E-state index contributed by atoms with van der Waals surface area (Å²) in [5.74, 6) is -0.170. The third-order valence-corrected chi connectivity index (χ3v) is 4.06. The molecule has 1 heterocycles. The predicted octanol–water partition coefficient (Wildman–Crippen LogP) is 0.0794. The van der Waals surface area contributed by atoms with Crippen molar-refractivity contribution in [2.75, 3.05) is 39.3 Å². The highest BCUT2D eigenvalue weighted by atomic mass is 16.5. The Labute approximate surface area is 142 Å². The highest BCUT2D eigenvalue weighted by Gasteiger charge is 2.23. The fourth-order valence-electron chi connectivity index (χ4n) is 2.62. The van der Waals surface area contributed by atoms with Crippen LogP contribution in [0.25, 0.3) is 0 Å². The van der Waals surface area contributed by atoms with Crippen molar-refractivity contribution in [3.05, 3.63) is 29.8 Å². The van der Waals surface area contributed by atoms with E-state index in [9.17, 15) is 14.7 Å². The molecule has 132 valence electrons. The standard InChI is InChI=1S/C17H25N3O4/c1-2-14(21)11-19-6-8-20(9-7-19)17(23)13-4-3-5-15(10-13)24-12-16(18)22/h3-5,10,14,21H,2,6-9,11-12H2,1H3,(H2,18,22)/t14-/m1/s1. The Morgan fingerprint density at radius 2 is 2.00 bits per heavy atom. The van der Waals surface area contributed by atoms with Crippen LogP contribution in [0.2, 0.25) is 0 Å². The minimum atomic E-state index is -0.558. The molecule has 7 nitrogen and oxygen atoms in total. The summed E-state index contributed by atoms with van der Waals surface area (Å²) in [5, 5.41) is 9.71. The first kappa shape index (κ1) is 18.2. The molecule has 1 fully saturated rings. The Balaban J connectivity index is 1.90. The van der Waals surface area contributed by atoms with Crippen LogP contribution in [-0.4, -0.2) is 72.2 Å². The number of ether oxygens (including phenoxy) is 1. The summed E-state index contributed by atoms with van der Waals surface area (Å²) < 4.78 is 5.24. The fraction of sp³-hybridized carbons (Fsp3) is 0.529. The van der Waals surface area contributed by atoms with E-state index >= 15 is 0 Å². The lowest BCUT2D eigenvalue weighted by Crippen LogP contribution is -2.50. The second-order valence-corrected chi connectivity index (χ2v) is 5.94. The maximum Gasteiger partial charge on any atom is 0.255 e. The van der Waals surface area contributed by atoms with Crippen LogP contribution in [0.1, 0.15) is 23.7 Å². The molecule has 1 atom stereocenters. The third kappa shape index (κ3) is 5.21. The van der Waals surface area contributed by atoms with Gasteiger partial charge >= 0.3 is 0 Å². The van der Waals surface area contributed by atoms with E-state index in [2.05, 4.69) is 4.90 Å². The molecule has 1 aliphatic rings. The molecular weight excluding hydrogens is 310 g/mol. The molecule has 0 unspecified atom stereocenters. The number of nitrogens with two attached hydrogens (primary N) is 1. The van der Waals surface area contributed by atoms with Gasteiger partial charge in [-0.1, -0.05) is 13.0 Å². The number of aliphatic hydroxyl groups excluding tert-OH is 1. The number of piperazine rings is 1. The molecule has 0 spiro atoms. The fourth-order valence-corrected chi connectivity index (χ4v) is 2.62. The van der Waals surface area contributed by atoms with Gasteiger partial charge in [0.05, 0.1) is 6.10 Å². The molecule has 24 heavy (non-hydrogen) atoms. The van der Waals surface area contributed by atoms with Crippen molar-refractivity contribution in [3.63, 3.8) is 0 Å². The normalized spacial score (nSPS) is 16.7. The summed E-state index contributed by atoms with van der Waals surface area (Å²) in [6, 6.07) is 6.76. The van der Waals surface area contributed by atoms with Crippen LogP contribution in [0.3, 0.4) is 0 Å². The molecule has 1 saturated heterocycles. The summed E-state index contributed by atoms with van der Waals surface area (Å²) in [5.41, 5.74) is 5.58. The number of hydrogen-bond acceptors (Lipinski definition) is 5. The Bertz CT molecular complexity index is 571. The van der Waals surface area contributed by atoms with Crippen molar-refractivity contribution in [1.82, 2.24) is 9.80 Å². The van der Waals surface area contributed by atoms with E-state index in [4.69, 9.17) is 10.5 Å². The summed E-state index contributed by atoms with van der Waals surface area (Å²) in [7, 11) is 0. The van der Waals surface area contributed by atoms with Crippen molar-refractivity contribution in [1.29, 1.82) is 0 Å². The topological polar surface area (TPSA) is 96.1 Å². The zero-order valence-corrected chi connectivity index (χ0v) is 14.0. The Morgan fingerprint density at radius 1 is 1.29 bits per heavy atom. The van der Waals surface area contributed by atoms with Gasteiger partial charge in [-0.2, -0.15) is 0 Å². The number of nitrogens with zero attached hydrogens (tertiary/aromatic N) is 2. The zero-order chi connectivity index (χ0) is 17.5. The van der Waals surface area contributed by atoms with Gasteiger partial charge in [-0.25, -0.2) is 0 Å². The van der Waals surface area contributed by atoms with Gasteiger partial charge in [0.15, 0.2) is 6.61 Å². The van der Waals surface area contributed by atoms with Gasteiger partial charge in [0.25, 0.3) is 11.8 Å². The predicted molar refractivity (Wildman–Crippen MR) is 89.8 cm³/mol. The lowest BCUT2D eigenvalue weighted by atomic mass is 10.1. The molecule has 3 N–H and O–H groups in total. The SMILES string of the molecule is CC[C@@H](O)CN1CCN(C(=O)c2cccc(OCC(N)=O)c2)CC1. The number of primary amides is 1. The molecule has 1 aromatic rings. The van der Waals surface area contributed by atoms with E-state index in [0.29, 0.717) is 30.9 Å². The Hall–Kier alpha value is -2.12. The first-order valence-electron chi connectivity index (χ1n) is 8.20. The lowest BCUT2D eigenvalue weighted by molar-refractivity contribution is -0.119. The largest absolute Gasteiger partial charge is 0.484 e. The van der Waals surface area contributed by atoms with Crippen LogP contribution in [0, 0.1) is 0 Å². The third-order valence-electron chi connectivity index (χ3n) is 4.06. The summed E-state index contributed by atoms with van der Waals surface area (Å²) in [4.78, 5) is 27.3. The first-order chi connectivity index (χ1) is 11.5. The molecule has 0 saturated carbocycles. The van der Waals surface area contributed by atoms with Crippen LogP contribution in [0.4, 0.5) is 0 Å². The monoisotopic (exact) mass is 335 g/mol. The van der Waals surface area contributed by atoms with Crippen LogP contribution >= 0.6 is 0 Å². The average Bonchev–Trinajstić information content (AvgIpc) is 2.60. The minimum Gasteiger partial charge on any atom is -0.484 e. The van der Waals surface area contributed by atoms with Gasteiger partial charge in [0.1, 0.15) is 5.75 Å². The molecular formula is C17H25N3O4. The smallest absolute Gasteiger partial charge is 0.255 e. The van der Waals surface area contributed by atoms with Crippen LogP contribution in [0.15, 0.2) is 24.3 Å². The molecule has 0 aromatic heterocycles. The number of rotatable bonds is 7. The number of aliphatic hydroxyl groups is 1. The van der Waals surface area contributed by atoms with Gasteiger partial charge in [-0.15, -0.1) is 0 Å². The highest BCUT2D eigenvalue weighted by Crippen LogP contribution is 2.16. The second kappa shape index (κ2) is 8.65. The molecule has 2 amide bonds. The van der Waals surface area contributed by atoms with E-state index in [-0.39, 0.29) is 18.6 Å². The van der Waals surface area contributed by atoms with Crippen LogP contribution in [-0.2, 0) is 4.79 Å². The molecule has 1 aromatic carbocycles. The zero-order valence-electron chi connectivity index (χ0n) is 14.0. The maximum absolute atomic E-state index is 12.6. The maximum atomic E-state index is 12.6. The molecule has 7 heteroatoms. The van der Waals surface area contributed by atoms with Gasteiger partial charge in [0.2, 0.25) is 0 Å². The van der Waals surface area contributed by atoms with E-state index in [1.807, 2.05) is 6.92 Å². The van der Waals surface area contributed by atoms with Gasteiger partial charge in [-0.05, 0) is 24.6 Å². The first-order valence-corrected chi connectivity index (χ1v) is 8.20. The summed E-state index contributed by atoms with van der Waals surface area (Å²) in [6.07, 6.45) is 0.420. The van der Waals surface area contributed by atoms with E-state index in [0.717, 1.165) is 19.5 Å². The van der Waals surface area contributed by atoms with E-state index < -0.39 is 5.91 Å². The lowest BCUT2D eigenvalue weighted by Gasteiger charge is -2.35. The van der Waals surface area contributed by atoms with Gasteiger partial charge < -0.3 is 20.5 Å². The molecule has 0 bridgehead atoms. The van der Waals surface area contributed by atoms with Crippen LogP contribution in [0.5, 0.6) is 5.75 Å². The van der Waals surface area contributed by atoms with Crippen LogP contribution < -0.4 is 10.5 Å². The molecule has 0 radical (unpaired) electrons. The van der Waals surface area contributed by atoms with Crippen molar-refractivity contribution in [3.8, 4) is 5.75 Å². The minimum absolute atomic E-state index is 0.0600. The second-order valence-electron chi connectivity index (χ2n) is 5.94. The number of carbonyl (C=O) groups excluding carboxylic acids is 2. The number of hydrogen-bond donors (Lipinski definition) is 2. The Morgan fingerprint density at radius 3 is 2.62 bits per heavy atom. The summed E-state index contributed by atoms with van der Waals surface area (Å²) >= 11 is 0. The van der Waals surface area contributed by atoms with Crippen molar-refractivity contribution < 1.29 is 19.4 Å². The number of amides is 2. The number of benzene rings is 1. The van der Waals surface area contributed by atoms with E-state index in [1.165, 1.54) is 0 Å². The van der Waals surface area contributed by atoms with Crippen molar-refractivity contribution >= 4 is 11.8 Å². The number of carbonyl (C=O) groups is 2. The average molecular weight is 335 g/mol. The Kier molecular flexibility index (Phi) is 6.57. The van der Waals surface area contributed by atoms with E-state index in [1.54, 1.807) is 29.2 Å². The summed E-state index contributed by atoms with van der Waals surface area (Å²) in [6.45, 7) is 5.15. The van der Waals surface area contributed by atoms with Crippen molar-refractivity contribution in [2.45, 2.75) is 19.4 Å². The highest BCUT2D eigenvalue weighted by molar-refractivity contribution is 5.94. The quantitative estimate of drug-likeness (QED) is 0.736. The van der Waals surface area contributed by atoms with Gasteiger partial charge in [-0.3, -0.25) is 14.5 Å². The van der Waals surface area contributed by atoms with Gasteiger partial charge in [0, 0.05) is 38.3 Å². The molecule has 1 aliphatic heterocycles. The van der Waals surface area contributed by atoms with Crippen molar-refractivity contribution in [2.24, 2.45) is 5.73 Å². The molecule has 0 aliphatic carbocycles. The number of β-amino-alcohol motifs (C(OH)–C–C–N with tert-alkyl or cyclic N) is 1. The molecule has 2 rings (SSSR count).